The van der Waals surface area contributed by atoms with E-state index in [0.717, 1.165) is 30.8 Å². The van der Waals surface area contributed by atoms with Crippen LogP contribution in [0.15, 0.2) is 9.52 Å². The molecule has 3 rings (SSSR count). The molecule has 1 aliphatic carbocycles. The van der Waals surface area contributed by atoms with Crippen molar-refractivity contribution in [3.63, 3.8) is 0 Å². The van der Waals surface area contributed by atoms with Gasteiger partial charge in [-0.15, -0.1) is 24.0 Å². The van der Waals surface area contributed by atoms with Crippen LogP contribution in [0.1, 0.15) is 63.6 Å². The Hall–Kier alpha value is -0.900. The molecular weight excluding hydrogens is 455 g/mol. The molecule has 27 heavy (non-hydrogen) atoms. The van der Waals surface area contributed by atoms with Crippen molar-refractivity contribution in [1.82, 2.24) is 25.7 Å². The molecular formula is C19H35IN6O. The van der Waals surface area contributed by atoms with E-state index in [-0.39, 0.29) is 24.0 Å². The van der Waals surface area contributed by atoms with Crippen LogP contribution in [0.4, 0.5) is 0 Å². The zero-order valence-electron chi connectivity index (χ0n) is 16.9. The van der Waals surface area contributed by atoms with Crippen LogP contribution in [0.2, 0.25) is 0 Å². The van der Waals surface area contributed by atoms with Gasteiger partial charge in [0.1, 0.15) is 0 Å². The lowest BCUT2D eigenvalue weighted by molar-refractivity contribution is 0.275. The van der Waals surface area contributed by atoms with Crippen molar-refractivity contribution in [3.8, 4) is 0 Å². The summed E-state index contributed by atoms with van der Waals surface area (Å²) in [6, 6.07) is 0.485. The minimum atomic E-state index is 0. The van der Waals surface area contributed by atoms with E-state index in [1.54, 1.807) is 0 Å². The average molecular weight is 490 g/mol. The van der Waals surface area contributed by atoms with Gasteiger partial charge in [-0.2, -0.15) is 4.98 Å². The maximum atomic E-state index is 5.28. The summed E-state index contributed by atoms with van der Waals surface area (Å²) in [6.45, 7) is 8.47. The fraction of sp³-hybridized carbons (Fsp3) is 0.842. The Morgan fingerprint density at radius 3 is 2.74 bits per heavy atom. The molecule has 7 nitrogen and oxygen atoms in total. The lowest BCUT2D eigenvalue weighted by Crippen LogP contribution is -2.45. The molecule has 154 valence electrons. The molecule has 1 saturated heterocycles. The lowest BCUT2D eigenvalue weighted by Gasteiger charge is -2.21. The Kier molecular flexibility index (Phi) is 9.28. The van der Waals surface area contributed by atoms with Gasteiger partial charge in [0, 0.05) is 51.6 Å². The highest BCUT2D eigenvalue weighted by molar-refractivity contribution is 14.0. The second-order valence-corrected chi connectivity index (χ2v) is 7.99. The van der Waals surface area contributed by atoms with Gasteiger partial charge in [-0.1, -0.05) is 31.8 Å². The van der Waals surface area contributed by atoms with Crippen molar-refractivity contribution in [2.24, 2.45) is 10.9 Å². The standard InChI is InChI=1S/C19H34N6O.HI/c1-14(2)18-23-17(26-24-18)8-10-21-19(20-3)22-16-9-11-25(13-16)12-15-6-4-5-7-15;/h14-16H,4-13H2,1-3H3,(H2,20,21,22);1H. The topological polar surface area (TPSA) is 78.6 Å². The number of halogens is 1. The summed E-state index contributed by atoms with van der Waals surface area (Å²) < 4.78 is 5.28. The molecule has 0 aromatic carbocycles. The first-order valence-electron chi connectivity index (χ1n) is 10.2. The third kappa shape index (κ3) is 6.89. The van der Waals surface area contributed by atoms with Crippen molar-refractivity contribution in [2.45, 2.75) is 64.3 Å². The van der Waals surface area contributed by atoms with E-state index < -0.39 is 0 Å². The molecule has 1 aliphatic heterocycles. The maximum Gasteiger partial charge on any atom is 0.228 e. The summed E-state index contributed by atoms with van der Waals surface area (Å²) in [5.41, 5.74) is 0. The Bertz CT molecular complexity index is 585. The minimum absolute atomic E-state index is 0. The van der Waals surface area contributed by atoms with Crippen LogP contribution in [0.25, 0.3) is 0 Å². The summed E-state index contributed by atoms with van der Waals surface area (Å²) in [5, 5.41) is 10.9. The van der Waals surface area contributed by atoms with E-state index in [1.165, 1.54) is 45.2 Å². The van der Waals surface area contributed by atoms with Crippen LogP contribution >= 0.6 is 24.0 Å². The van der Waals surface area contributed by atoms with Crippen LogP contribution in [0, 0.1) is 5.92 Å². The van der Waals surface area contributed by atoms with Gasteiger partial charge in [-0.25, -0.2) is 0 Å². The third-order valence-electron chi connectivity index (χ3n) is 5.46. The number of rotatable bonds is 7. The summed E-state index contributed by atoms with van der Waals surface area (Å²) in [7, 11) is 1.82. The Morgan fingerprint density at radius 1 is 1.30 bits per heavy atom. The summed E-state index contributed by atoms with van der Waals surface area (Å²) in [6.07, 6.45) is 7.59. The molecule has 0 spiro atoms. The number of nitrogens with one attached hydrogen (secondary N) is 2. The monoisotopic (exact) mass is 490 g/mol. The number of guanidine groups is 1. The van der Waals surface area contributed by atoms with Gasteiger partial charge in [0.2, 0.25) is 5.89 Å². The molecule has 0 amide bonds. The molecule has 1 aromatic rings. The Balaban J connectivity index is 0.00000261. The second-order valence-electron chi connectivity index (χ2n) is 7.99. The predicted molar refractivity (Wildman–Crippen MR) is 119 cm³/mol. The number of hydrogen-bond donors (Lipinski definition) is 2. The van der Waals surface area contributed by atoms with Gasteiger partial charge >= 0.3 is 0 Å². The second kappa shape index (κ2) is 11.2. The largest absolute Gasteiger partial charge is 0.356 e. The molecule has 1 aromatic heterocycles. The zero-order valence-corrected chi connectivity index (χ0v) is 19.2. The Morgan fingerprint density at radius 2 is 2.07 bits per heavy atom. The van der Waals surface area contributed by atoms with Gasteiger partial charge in [-0.3, -0.25) is 4.99 Å². The van der Waals surface area contributed by atoms with Gasteiger partial charge in [0.25, 0.3) is 0 Å². The van der Waals surface area contributed by atoms with E-state index in [0.29, 0.717) is 24.3 Å². The van der Waals surface area contributed by atoms with E-state index in [2.05, 4.69) is 44.5 Å². The van der Waals surface area contributed by atoms with Gasteiger partial charge in [0.15, 0.2) is 11.8 Å². The fourth-order valence-corrected chi connectivity index (χ4v) is 3.95. The molecule has 0 bridgehead atoms. The SMILES string of the molecule is CN=C(NCCc1nc(C(C)C)no1)NC1CCN(CC2CCCC2)C1.I. The highest BCUT2D eigenvalue weighted by Crippen LogP contribution is 2.26. The molecule has 1 atom stereocenters. The van der Waals surface area contributed by atoms with Crippen LogP contribution in [0.3, 0.4) is 0 Å². The molecule has 2 aliphatic rings. The van der Waals surface area contributed by atoms with Crippen molar-refractivity contribution in [1.29, 1.82) is 0 Å². The smallest absolute Gasteiger partial charge is 0.228 e. The van der Waals surface area contributed by atoms with E-state index in [1.807, 2.05) is 7.05 Å². The Labute approximate surface area is 180 Å². The van der Waals surface area contributed by atoms with E-state index >= 15 is 0 Å². The molecule has 2 fully saturated rings. The van der Waals surface area contributed by atoms with Crippen molar-refractivity contribution in [2.75, 3.05) is 33.2 Å². The summed E-state index contributed by atoms with van der Waals surface area (Å²) >= 11 is 0. The molecule has 1 unspecified atom stereocenters. The van der Waals surface area contributed by atoms with Crippen LogP contribution in [-0.4, -0.2) is 60.3 Å². The van der Waals surface area contributed by atoms with E-state index in [9.17, 15) is 0 Å². The number of likely N-dealkylation sites (tertiary alicyclic amines) is 1. The van der Waals surface area contributed by atoms with Crippen LogP contribution < -0.4 is 10.6 Å². The lowest BCUT2D eigenvalue weighted by atomic mass is 10.1. The summed E-state index contributed by atoms with van der Waals surface area (Å²) in [5.74, 6) is 3.54. The first-order chi connectivity index (χ1) is 12.6. The highest BCUT2D eigenvalue weighted by atomic mass is 127. The van der Waals surface area contributed by atoms with Crippen molar-refractivity contribution < 1.29 is 4.52 Å². The zero-order chi connectivity index (χ0) is 18.4. The number of aliphatic imine (C=N–C) groups is 1. The maximum absolute atomic E-state index is 5.28. The highest BCUT2D eigenvalue weighted by Gasteiger charge is 2.26. The van der Waals surface area contributed by atoms with Crippen molar-refractivity contribution >= 4 is 29.9 Å². The predicted octanol–water partition coefficient (Wildman–Crippen LogP) is 2.78. The molecule has 2 N–H and O–H groups in total. The summed E-state index contributed by atoms with van der Waals surface area (Å²) in [4.78, 5) is 11.4. The fourth-order valence-electron chi connectivity index (χ4n) is 3.95. The van der Waals surface area contributed by atoms with Crippen LogP contribution in [0.5, 0.6) is 0 Å². The number of aromatic nitrogens is 2. The van der Waals surface area contributed by atoms with Crippen LogP contribution in [-0.2, 0) is 6.42 Å². The minimum Gasteiger partial charge on any atom is -0.356 e. The number of hydrogen-bond acceptors (Lipinski definition) is 5. The van der Waals surface area contributed by atoms with E-state index in [4.69, 9.17) is 4.52 Å². The van der Waals surface area contributed by atoms with Crippen molar-refractivity contribution in [3.05, 3.63) is 11.7 Å². The normalized spacial score (nSPS) is 21.6. The molecule has 8 heteroatoms. The third-order valence-corrected chi connectivity index (χ3v) is 5.46. The molecule has 1 saturated carbocycles. The first kappa shape index (κ1) is 22.4. The van der Waals surface area contributed by atoms with Gasteiger partial charge < -0.3 is 20.1 Å². The quantitative estimate of drug-likeness (QED) is 0.348. The average Bonchev–Trinajstić information content (AvgIpc) is 3.36. The number of nitrogens with zero attached hydrogens (tertiary/aromatic N) is 4. The first-order valence-corrected chi connectivity index (χ1v) is 10.2. The van der Waals surface area contributed by atoms with Gasteiger partial charge in [-0.05, 0) is 25.2 Å². The van der Waals surface area contributed by atoms with Gasteiger partial charge in [0.05, 0.1) is 0 Å². The molecule has 2 heterocycles. The molecule has 0 radical (unpaired) electrons.